The molecule has 0 N–H and O–H groups in total. The molecule has 0 bridgehead atoms. The zero-order valence-corrected chi connectivity index (χ0v) is 12.6. The van der Waals surface area contributed by atoms with E-state index in [1.807, 2.05) is 27.7 Å². The Morgan fingerprint density at radius 3 is 2.18 bits per heavy atom. The summed E-state index contributed by atoms with van der Waals surface area (Å²) in [5, 5.41) is 0. The van der Waals surface area contributed by atoms with Gasteiger partial charge in [-0.15, -0.1) is 0 Å². The molecule has 22 heavy (non-hydrogen) atoms. The maximum Gasteiger partial charge on any atom is 0.494 e. The minimum atomic E-state index is -3.16. The van der Waals surface area contributed by atoms with Crippen LogP contribution in [0.4, 0.5) is 18.9 Å². The molecule has 0 saturated carbocycles. The minimum Gasteiger partial charge on any atom is -0.447 e. The molecule has 0 radical (unpaired) electrons. The van der Waals surface area contributed by atoms with Crippen LogP contribution in [0.1, 0.15) is 27.7 Å². The Bertz CT molecular complexity index is 612. The van der Waals surface area contributed by atoms with Gasteiger partial charge in [0, 0.05) is 0 Å². The lowest BCUT2D eigenvalue weighted by Crippen LogP contribution is -2.41. The van der Waals surface area contributed by atoms with Crippen molar-refractivity contribution >= 4 is 18.3 Å². The highest BCUT2D eigenvalue weighted by Gasteiger charge is 2.52. The van der Waals surface area contributed by atoms with Gasteiger partial charge >= 0.3 is 13.7 Å². The van der Waals surface area contributed by atoms with Gasteiger partial charge in [0.15, 0.2) is 0 Å². The van der Waals surface area contributed by atoms with Crippen molar-refractivity contribution in [3.63, 3.8) is 0 Å². The number of rotatable bonds is 3. The van der Waals surface area contributed by atoms with E-state index < -0.39 is 42.2 Å². The van der Waals surface area contributed by atoms with Gasteiger partial charge in [-0.1, -0.05) is 0 Å². The van der Waals surface area contributed by atoms with Crippen molar-refractivity contribution in [3.8, 4) is 5.75 Å². The Morgan fingerprint density at radius 1 is 1.18 bits per heavy atom. The zero-order chi connectivity index (χ0) is 16.7. The molecule has 1 aliphatic rings. The van der Waals surface area contributed by atoms with Crippen LogP contribution < -0.4 is 10.2 Å². The normalized spacial score (nSPS) is 19.3. The number of nitrogens with zero attached hydrogens (tertiary/aromatic N) is 1. The van der Waals surface area contributed by atoms with E-state index in [4.69, 9.17) is 15.9 Å². The van der Waals surface area contributed by atoms with Gasteiger partial charge < -0.3 is 14.0 Å². The molecular weight excluding hydrogens is 298 g/mol. The molecule has 1 aromatic rings. The van der Waals surface area contributed by atoms with Gasteiger partial charge in [0.25, 0.3) is 5.69 Å². The number of benzene rings is 1. The average Bonchev–Trinajstić information content (AvgIpc) is 2.57. The highest BCUT2D eigenvalue weighted by atomic mass is 19.3. The van der Waals surface area contributed by atoms with Gasteiger partial charge in [0.05, 0.1) is 17.8 Å². The maximum absolute atomic E-state index is 14.0. The lowest BCUT2D eigenvalue weighted by Gasteiger charge is -2.32. The lowest BCUT2D eigenvalue weighted by atomic mass is 9.79. The van der Waals surface area contributed by atoms with Gasteiger partial charge in [0.2, 0.25) is 0 Å². The van der Waals surface area contributed by atoms with Crippen molar-refractivity contribution in [2.75, 3.05) is 0 Å². The van der Waals surface area contributed by atoms with Crippen LogP contribution in [0.2, 0.25) is 0 Å². The summed E-state index contributed by atoms with van der Waals surface area (Å²) in [6, 6.07) is 2.18. The first-order valence-electron chi connectivity index (χ1n) is 6.59. The third-order valence-electron chi connectivity index (χ3n) is 3.90. The van der Waals surface area contributed by atoms with Crippen LogP contribution in [-0.4, -0.2) is 24.9 Å². The SMILES string of the molecule is [C-]#[N+]c1c(F)cc(B2OC(C)(C)C(C)(C)O2)cc1OC(F)F. The number of alkyl halides is 2. The van der Waals surface area contributed by atoms with E-state index in [0.29, 0.717) is 0 Å². The molecule has 2 rings (SSSR count). The van der Waals surface area contributed by atoms with Crippen molar-refractivity contribution in [1.29, 1.82) is 0 Å². The smallest absolute Gasteiger partial charge is 0.447 e. The monoisotopic (exact) mass is 313 g/mol. The highest BCUT2D eigenvalue weighted by molar-refractivity contribution is 6.62. The van der Waals surface area contributed by atoms with Crippen LogP contribution >= 0.6 is 0 Å². The summed E-state index contributed by atoms with van der Waals surface area (Å²) in [4.78, 5) is 2.88. The number of hydrogen-bond donors (Lipinski definition) is 0. The van der Waals surface area contributed by atoms with E-state index in [1.165, 1.54) is 0 Å². The Balaban J connectivity index is 2.42. The van der Waals surface area contributed by atoms with E-state index in [0.717, 1.165) is 12.1 Å². The van der Waals surface area contributed by atoms with Gasteiger partial charge in [-0.3, -0.25) is 0 Å². The third-order valence-corrected chi connectivity index (χ3v) is 3.90. The molecule has 0 aliphatic carbocycles. The Labute approximate surface area is 127 Å². The molecule has 118 valence electrons. The summed E-state index contributed by atoms with van der Waals surface area (Å²) in [6.07, 6.45) is 0. The summed E-state index contributed by atoms with van der Waals surface area (Å²) >= 11 is 0. The molecule has 1 fully saturated rings. The van der Waals surface area contributed by atoms with Crippen LogP contribution in [-0.2, 0) is 9.31 Å². The lowest BCUT2D eigenvalue weighted by molar-refractivity contribution is -0.0493. The molecule has 0 atom stereocenters. The van der Waals surface area contributed by atoms with Gasteiger partial charge in [-0.2, -0.15) is 8.78 Å². The van der Waals surface area contributed by atoms with E-state index in [1.54, 1.807) is 0 Å². The molecule has 1 aliphatic heterocycles. The molecule has 1 heterocycles. The van der Waals surface area contributed by atoms with Crippen molar-refractivity contribution in [1.82, 2.24) is 0 Å². The first kappa shape index (κ1) is 16.7. The molecule has 0 unspecified atom stereocenters. The number of halogens is 3. The van der Waals surface area contributed by atoms with Crippen LogP contribution in [0.25, 0.3) is 4.85 Å². The van der Waals surface area contributed by atoms with Crippen molar-refractivity contribution in [2.24, 2.45) is 0 Å². The predicted molar refractivity (Wildman–Crippen MR) is 75.0 cm³/mol. The van der Waals surface area contributed by atoms with Crippen molar-refractivity contribution in [3.05, 3.63) is 29.4 Å². The fraction of sp³-hybridized carbons (Fsp3) is 0.500. The first-order valence-corrected chi connectivity index (χ1v) is 6.59. The topological polar surface area (TPSA) is 32.0 Å². The average molecular weight is 313 g/mol. The van der Waals surface area contributed by atoms with E-state index >= 15 is 0 Å². The molecule has 0 spiro atoms. The predicted octanol–water partition coefficient (Wildman–Crippen LogP) is 3.28. The van der Waals surface area contributed by atoms with Gasteiger partial charge in [0.1, 0.15) is 11.6 Å². The largest absolute Gasteiger partial charge is 0.494 e. The number of ether oxygens (including phenoxy) is 1. The standard InChI is InChI=1S/C14H15BF3NO3/c1-13(2)14(3,4)22-15(21-13)8-6-9(16)11(19-5)10(7-8)20-12(17)18/h6-7,12H,1-4H3. The molecule has 0 aromatic heterocycles. The molecule has 4 nitrogen and oxygen atoms in total. The van der Waals surface area contributed by atoms with Crippen LogP contribution in [0, 0.1) is 12.4 Å². The van der Waals surface area contributed by atoms with Crippen LogP contribution in [0.3, 0.4) is 0 Å². The first-order chi connectivity index (χ1) is 10.1. The molecule has 0 amide bonds. The van der Waals surface area contributed by atoms with E-state index in [2.05, 4.69) is 9.58 Å². The molecule has 8 heteroatoms. The second-order valence-corrected chi connectivity index (χ2v) is 5.93. The molecule has 1 saturated heterocycles. The second kappa shape index (κ2) is 5.49. The van der Waals surface area contributed by atoms with Gasteiger partial charge in [-0.05, 0) is 45.3 Å². The Kier molecular flexibility index (Phi) is 4.15. The summed E-state index contributed by atoms with van der Waals surface area (Å²) in [6.45, 7) is 11.0. The van der Waals surface area contributed by atoms with E-state index in [9.17, 15) is 13.2 Å². The molecule has 1 aromatic carbocycles. The summed E-state index contributed by atoms with van der Waals surface area (Å²) in [5.74, 6) is -1.49. The van der Waals surface area contributed by atoms with Crippen LogP contribution in [0.5, 0.6) is 5.75 Å². The quantitative estimate of drug-likeness (QED) is 0.634. The fourth-order valence-electron chi connectivity index (χ4n) is 2.00. The van der Waals surface area contributed by atoms with Crippen molar-refractivity contribution in [2.45, 2.75) is 45.5 Å². The van der Waals surface area contributed by atoms with Crippen LogP contribution in [0.15, 0.2) is 12.1 Å². The van der Waals surface area contributed by atoms with Crippen molar-refractivity contribution < 1.29 is 27.2 Å². The summed E-state index contributed by atoms with van der Waals surface area (Å²) in [7, 11) is -0.931. The Morgan fingerprint density at radius 2 is 1.73 bits per heavy atom. The maximum atomic E-state index is 14.0. The second-order valence-electron chi connectivity index (χ2n) is 5.93. The number of hydrogen-bond acceptors (Lipinski definition) is 3. The molecular formula is C14H15BF3NO3. The van der Waals surface area contributed by atoms with Gasteiger partial charge in [-0.25, -0.2) is 9.24 Å². The fourth-order valence-corrected chi connectivity index (χ4v) is 2.00. The zero-order valence-electron chi connectivity index (χ0n) is 12.6. The minimum absolute atomic E-state index is 0.180. The summed E-state index contributed by atoms with van der Waals surface area (Å²) in [5.41, 5.74) is -1.73. The Hall–Kier alpha value is -1.72. The highest BCUT2D eigenvalue weighted by Crippen LogP contribution is 2.38. The summed E-state index contributed by atoms with van der Waals surface area (Å²) < 4.78 is 54.5. The third kappa shape index (κ3) is 2.92. The van der Waals surface area contributed by atoms with E-state index in [-0.39, 0.29) is 5.46 Å².